The molecule has 2 aromatic carbocycles. The first-order chi connectivity index (χ1) is 13.9. The highest BCUT2D eigenvalue weighted by atomic mass is 79.9. The van der Waals surface area contributed by atoms with Crippen LogP contribution in [0.1, 0.15) is 30.5 Å². The molecule has 2 aromatic rings. The molecule has 0 aliphatic rings. The molecule has 1 amide bonds. The predicted molar refractivity (Wildman–Crippen MR) is 117 cm³/mol. The lowest BCUT2D eigenvalue weighted by Crippen LogP contribution is -2.28. The molecule has 2 N–H and O–H groups in total. The summed E-state index contributed by atoms with van der Waals surface area (Å²) in [6.45, 7) is 3.18. The topological polar surface area (TPSA) is 110 Å². The van der Waals surface area contributed by atoms with E-state index in [4.69, 9.17) is 4.74 Å². The fourth-order valence-electron chi connectivity index (χ4n) is 2.41. The maximum Gasteiger partial charge on any atom is 0.412 e. The Kier molecular flexibility index (Phi) is 7.44. The van der Waals surface area contributed by atoms with Crippen molar-refractivity contribution in [2.75, 3.05) is 6.26 Å². The number of amides is 1. The van der Waals surface area contributed by atoms with Crippen molar-refractivity contribution in [1.29, 1.82) is 0 Å². The highest BCUT2D eigenvalue weighted by Crippen LogP contribution is 2.32. The van der Waals surface area contributed by atoms with Gasteiger partial charge in [0.15, 0.2) is 9.84 Å². The van der Waals surface area contributed by atoms with Crippen LogP contribution in [-0.4, -0.2) is 31.8 Å². The fraction of sp³-hybridized carbons (Fsp3) is 0.238. The number of hydrogen-bond acceptors (Lipinski definition) is 5. The summed E-state index contributed by atoms with van der Waals surface area (Å²) in [5.41, 5.74) is 1.37. The Bertz CT molecular complexity index is 1080. The standard InChI is InChI=1S/C21H22BrNO6S/c1-21(2,30(3,27)28)16-10-9-15(17(22)12-16)11-18(19(24)25)23-20(26)29-13-14-7-5-4-6-8-14/h4-12H,13H2,1-3H3,(H,23,26)(H,24,25)/b18-11-. The molecule has 0 bridgehead atoms. The van der Waals surface area contributed by atoms with Crippen molar-refractivity contribution in [2.24, 2.45) is 0 Å². The average molecular weight is 496 g/mol. The molecular weight excluding hydrogens is 474 g/mol. The van der Waals surface area contributed by atoms with Gasteiger partial charge in [-0.1, -0.05) is 58.4 Å². The lowest BCUT2D eigenvalue weighted by atomic mass is 10.0. The number of benzene rings is 2. The average Bonchev–Trinajstić information content (AvgIpc) is 2.67. The molecule has 0 fully saturated rings. The maximum absolute atomic E-state index is 12.0. The van der Waals surface area contributed by atoms with Gasteiger partial charge in [0.2, 0.25) is 0 Å². The van der Waals surface area contributed by atoms with E-state index in [1.807, 2.05) is 6.07 Å². The first-order valence-corrected chi connectivity index (χ1v) is 11.5. The van der Waals surface area contributed by atoms with E-state index in [-0.39, 0.29) is 12.3 Å². The summed E-state index contributed by atoms with van der Waals surface area (Å²) in [5, 5.41) is 11.6. The van der Waals surface area contributed by atoms with Crippen molar-refractivity contribution in [3.63, 3.8) is 0 Å². The number of carbonyl (C=O) groups excluding carboxylic acids is 1. The summed E-state index contributed by atoms with van der Waals surface area (Å²) in [4.78, 5) is 23.5. The molecule has 0 aromatic heterocycles. The van der Waals surface area contributed by atoms with Gasteiger partial charge in [0.1, 0.15) is 12.3 Å². The zero-order valence-corrected chi connectivity index (χ0v) is 19.1. The van der Waals surface area contributed by atoms with E-state index in [1.165, 1.54) is 6.08 Å². The molecule has 0 radical (unpaired) electrons. The van der Waals surface area contributed by atoms with Crippen LogP contribution >= 0.6 is 15.9 Å². The molecule has 2 rings (SSSR count). The molecule has 30 heavy (non-hydrogen) atoms. The normalized spacial score (nSPS) is 12.3. The van der Waals surface area contributed by atoms with Crippen LogP contribution in [0.3, 0.4) is 0 Å². The van der Waals surface area contributed by atoms with Crippen LogP contribution in [0.2, 0.25) is 0 Å². The Hall–Kier alpha value is -2.65. The van der Waals surface area contributed by atoms with Crippen LogP contribution in [0.5, 0.6) is 0 Å². The molecule has 0 saturated heterocycles. The van der Waals surface area contributed by atoms with Crippen LogP contribution in [0.4, 0.5) is 4.79 Å². The minimum atomic E-state index is -3.37. The highest BCUT2D eigenvalue weighted by Gasteiger charge is 2.32. The zero-order chi connectivity index (χ0) is 22.5. The van der Waals surface area contributed by atoms with Crippen molar-refractivity contribution < 1.29 is 27.9 Å². The van der Waals surface area contributed by atoms with E-state index in [0.29, 0.717) is 15.6 Å². The Morgan fingerprint density at radius 1 is 1.17 bits per heavy atom. The second kappa shape index (κ2) is 9.44. The number of halogens is 1. The fourth-order valence-corrected chi connectivity index (χ4v) is 3.46. The number of alkyl carbamates (subject to hydrolysis) is 1. The number of sulfone groups is 1. The summed E-state index contributed by atoms with van der Waals surface area (Å²) in [6.07, 6.45) is 1.51. The van der Waals surface area contributed by atoms with Gasteiger partial charge in [0.05, 0.1) is 4.75 Å². The lowest BCUT2D eigenvalue weighted by Gasteiger charge is -2.23. The SMILES string of the molecule is CC(C)(c1ccc(/C=C(\NC(=O)OCc2ccccc2)C(=O)O)c(Br)c1)S(C)(=O)=O. The summed E-state index contributed by atoms with van der Waals surface area (Å²) in [5.74, 6) is -1.35. The van der Waals surface area contributed by atoms with E-state index >= 15 is 0 Å². The van der Waals surface area contributed by atoms with Gasteiger partial charge in [0, 0.05) is 10.7 Å². The number of aliphatic carboxylic acids is 1. The van der Waals surface area contributed by atoms with Gasteiger partial charge in [-0.2, -0.15) is 0 Å². The van der Waals surface area contributed by atoms with Gasteiger partial charge < -0.3 is 9.84 Å². The number of carboxylic acids is 1. The van der Waals surface area contributed by atoms with E-state index in [0.717, 1.165) is 11.8 Å². The highest BCUT2D eigenvalue weighted by molar-refractivity contribution is 9.10. The molecule has 0 atom stereocenters. The molecule has 0 spiro atoms. The first kappa shape index (κ1) is 23.6. The molecular formula is C21H22BrNO6S. The number of rotatable bonds is 7. The summed E-state index contributed by atoms with van der Waals surface area (Å²) < 4.78 is 28.5. The van der Waals surface area contributed by atoms with Crippen molar-refractivity contribution in [2.45, 2.75) is 25.2 Å². The van der Waals surface area contributed by atoms with E-state index in [1.54, 1.807) is 56.3 Å². The molecule has 9 heteroatoms. The van der Waals surface area contributed by atoms with Crippen LogP contribution < -0.4 is 5.32 Å². The van der Waals surface area contributed by atoms with E-state index in [9.17, 15) is 23.1 Å². The third-order valence-electron chi connectivity index (χ3n) is 4.60. The molecule has 0 unspecified atom stereocenters. The number of carboxylic acid groups (broad SMARTS) is 1. The van der Waals surface area contributed by atoms with Crippen LogP contribution in [0, 0.1) is 0 Å². The Morgan fingerprint density at radius 2 is 1.80 bits per heavy atom. The second-order valence-corrected chi connectivity index (χ2v) is 10.5. The van der Waals surface area contributed by atoms with Crippen LogP contribution in [0.15, 0.2) is 58.7 Å². The molecule has 0 heterocycles. The third-order valence-corrected chi connectivity index (χ3v) is 7.38. The minimum absolute atomic E-state index is 0.00145. The zero-order valence-electron chi connectivity index (χ0n) is 16.7. The first-order valence-electron chi connectivity index (χ1n) is 8.84. The van der Waals surface area contributed by atoms with Crippen molar-refractivity contribution >= 4 is 43.9 Å². The number of carbonyl (C=O) groups is 2. The molecule has 7 nitrogen and oxygen atoms in total. The summed E-state index contributed by atoms with van der Waals surface area (Å²) in [7, 11) is -3.37. The van der Waals surface area contributed by atoms with Crippen LogP contribution in [-0.2, 0) is 30.7 Å². The van der Waals surface area contributed by atoms with Crippen molar-refractivity contribution in [3.05, 3.63) is 75.4 Å². The molecule has 160 valence electrons. The van der Waals surface area contributed by atoms with E-state index in [2.05, 4.69) is 21.2 Å². The summed E-state index contributed by atoms with van der Waals surface area (Å²) >= 11 is 3.34. The number of ether oxygens (including phenoxy) is 1. The predicted octanol–water partition coefficient (Wildman–Crippen LogP) is 4.08. The third kappa shape index (κ3) is 5.93. The molecule has 0 saturated carbocycles. The summed E-state index contributed by atoms with van der Waals surface area (Å²) in [6, 6.07) is 13.8. The molecule has 0 aliphatic heterocycles. The van der Waals surface area contributed by atoms with Gasteiger partial charge in [-0.05, 0) is 42.7 Å². The maximum atomic E-state index is 12.0. The van der Waals surface area contributed by atoms with Crippen molar-refractivity contribution in [1.82, 2.24) is 5.32 Å². The largest absolute Gasteiger partial charge is 0.477 e. The van der Waals surface area contributed by atoms with Gasteiger partial charge in [-0.3, -0.25) is 5.32 Å². The van der Waals surface area contributed by atoms with Crippen LogP contribution in [0.25, 0.3) is 6.08 Å². The number of nitrogens with one attached hydrogen (secondary N) is 1. The van der Waals surface area contributed by atoms with Gasteiger partial charge in [0.25, 0.3) is 0 Å². The Balaban J connectivity index is 2.20. The number of hydrogen-bond donors (Lipinski definition) is 2. The smallest absolute Gasteiger partial charge is 0.412 e. The quantitative estimate of drug-likeness (QED) is 0.559. The van der Waals surface area contributed by atoms with Gasteiger partial charge >= 0.3 is 12.1 Å². The van der Waals surface area contributed by atoms with Gasteiger partial charge in [-0.15, -0.1) is 0 Å². The van der Waals surface area contributed by atoms with Gasteiger partial charge in [-0.25, -0.2) is 18.0 Å². The van der Waals surface area contributed by atoms with Crippen molar-refractivity contribution in [3.8, 4) is 0 Å². The minimum Gasteiger partial charge on any atom is -0.477 e. The lowest BCUT2D eigenvalue weighted by molar-refractivity contribution is -0.132. The second-order valence-electron chi connectivity index (χ2n) is 7.07. The van der Waals surface area contributed by atoms with E-state index < -0.39 is 26.6 Å². The Morgan fingerprint density at radius 3 is 2.33 bits per heavy atom. The molecule has 0 aliphatic carbocycles. The Labute approximate surface area is 183 Å². The monoisotopic (exact) mass is 495 g/mol.